The van der Waals surface area contributed by atoms with Crippen molar-refractivity contribution in [2.45, 2.75) is 25.2 Å². The summed E-state index contributed by atoms with van der Waals surface area (Å²) in [6.07, 6.45) is 6.02. The van der Waals surface area contributed by atoms with E-state index in [2.05, 4.69) is 20.2 Å². The molecule has 23 heavy (non-hydrogen) atoms. The molecule has 2 atom stereocenters. The van der Waals surface area contributed by atoms with Crippen molar-refractivity contribution in [3.05, 3.63) is 42.2 Å². The Labute approximate surface area is 133 Å². The molecule has 1 N–H and O–H groups in total. The number of likely N-dealkylation sites (N-methyl/N-ethyl adjacent to an activating group) is 1. The number of halogens is 1. The van der Waals surface area contributed by atoms with Crippen molar-refractivity contribution in [1.29, 1.82) is 0 Å². The number of likely N-dealkylation sites (tertiary alicyclic amines) is 1. The van der Waals surface area contributed by atoms with Crippen LogP contribution in [0, 0.1) is 0 Å². The highest BCUT2D eigenvalue weighted by Gasteiger charge is 2.33. The lowest BCUT2D eigenvalue weighted by molar-refractivity contribution is 0.0744. The molecular weight excluding hydrogens is 299 g/mol. The van der Waals surface area contributed by atoms with Crippen molar-refractivity contribution in [2.75, 3.05) is 20.1 Å². The second kappa shape index (κ2) is 6.82. The summed E-state index contributed by atoms with van der Waals surface area (Å²) in [5, 5.41) is 6.44. The van der Waals surface area contributed by atoms with Gasteiger partial charge in [-0.15, -0.1) is 0 Å². The van der Waals surface area contributed by atoms with Crippen LogP contribution >= 0.6 is 0 Å². The van der Waals surface area contributed by atoms with E-state index >= 15 is 0 Å². The van der Waals surface area contributed by atoms with Crippen LogP contribution in [-0.2, 0) is 6.54 Å². The number of aromatic amines is 1. The number of aromatic nitrogens is 4. The highest BCUT2D eigenvalue weighted by molar-refractivity contribution is 5.91. The fourth-order valence-electron chi connectivity index (χ4n) is 2.93. The molecule has 0 unspecified atom stereocenters. The number of hydrogen-bond donors (Lipinski definition) is 1. The summed E-state index contributed by atoms with van der Waals surface area (Å²) in [7, 11) is 1.72. The first-order valence-corrected chi connectivity index (χ1v) is 7.50. The predicted molar refractivity (Wildman–Crippen MR) is 81.3 cm³/mol. The van der Waals surface area contributed by atoms with Crippen LogP contribution in [0.1, 0.15) is 22.5 Å². The maximum absolute atomic E-state index is 13.9. The molecule has 3 heterocycles. The number of carbonyl (C=O) groups excluding carboxylic acids is 1. The van der Waals surface area contributed by atoms with Crippen LogP contribution in [0.4, 0.5) is 4.39 Å². The summed E-state index contributed by atoms with van der Waals surface area (Å²) in [6.45, 7) is 1.41. The van der Waals surface area contributed by atoms with E-state index in [1.165, 1.54) is 12.5 Å². The standard InChI is InChI=1S/C15H19FN6O/c1-21(15(23)14-2-3-19-20-14)9-13-4-12(16)8-22(13)7-11-5-17-10-18-6-11/h2-3,5-6,10,12-13H,4,7-9H2,1H3,(H,19,20)/t12-,13-/m0/s1. The Kier molecular flexibility index (Phi) is 4.61. The Bertz CT molecular complexity index is 635. The van der Waals surface area contributed by atoms with Crippen LogP contribution in [0.15, 0.2) is 31.0 Å². The van der Waals surface area contributed by atoms with E-state index in [0.29, 0.717) is 31.7 Å². The van der Waals surface area contributed by atoms with Gasteiger partial charge in [-0.1, -0.05) is 0 Å². The minimum Gasteiger partial charge on any atom is -0.339 e. The van der Waals surface area contributed by atoms with E-state index in [4.69, 9.17) is 0 Å². The van der Waals surface area contributed by atoms with Crippen molar-refractivity contribution in [3.63, 3.8) is 0 Å². The smallest absolute Gasteiger partial charge is 0.271 e. The molecule has 1 fully saturated rings. The molecular formula is C15H19FN6O. The summed E-state index contributed by atoms with van der Waals surface area (Å²) in [5.74, 6) is -0.146. The third-order valence-corrected chi connectivity index (χ3v) is 4.04. The largest absolute Gasteiger partial charge is 0.339 e. The molecule has 3 rings (SSSR count). The highest BCUT2D eigenvalue weighted by atomic mass is 19.1. The monoisotopic (exact) mass is 318 g/mol. The molecule has 0 aromatic carbocycles. The maximum atomic E-state index is 13.9. The fraction of sp³-hybridized carbons (Fsp3) is 0.467. The van der Waals surface area contributed by atoms with E-state index in [0.717, 1.165) is 5.56 Å². The fourth-order valence-corrected chi connectivity index (χ4v) is 2.93. The second-order valence-electron chi connectivity index (χ2n) is 5.82. The second-order valence-corrected chi connectivity index (χ2v) is 5.82. The summed E-state index contributed by atoms with van der Waals surface area (Å²) < 4.78 is 13.9. The molecule has 2 aromatic rings. The minimum absolute atomic E-state index is 0.0259. The van der Waals surface area contributed by atoms with Gasteiger partial charge in [-0.3, -0.25) is 14.8 Å². The number of nitrogens with one attached hydrogen (secondary N) is 1. The SMILES string of the molecule is CN(C[C@@H]1C[C@H](F)CN1Cc1cncnc1)C(=O)c1ccn[nH]1. The first-order valence-electron chi connectivity index (χ1n) is 7.50. The molecule has 122 valence electrons. The molecule has 1 amide bonds. The number of carbonyl (C=O) groups is 1. The molecule has 7 nitrogen and oxygen atoms in total. The first-order chi connectivity index (χ1) is 11.1. The molecule has 1 aliphatic rings. The van der Waals surface area contributed by atoms with Gasteiger partial charge in [-0.2, -0.15) is 5.10 Å². The van der Waals surface area contributed by atoms with Crippen molar-refractivity contribution in [2.24, 2.45) is 0 Å². The third-order valence-electron chi connectivity index (χ3n) is 4.04. The normalized spacial score (nSPS) is 21.5. The Balaban J connectivity index is 1.64. The Morgan fingerprint density at radius 2 is 2.26 bits per heavy atom. The molecule has 1 aliphatic heterocycles. The molecule has 0 saturated carbocycles. The topological polar surface area (TPSA) is 78.0 Å². The van der Waals surface area contributed by atoms with Crippen LogP contribution in [0.25, 0.3) is 0 Å². The summed E-state index contributed by atoms with van der Waals surface area (Å²) in [6, 6.07) is 1.60. The van der Waals surface area contributed by atoms with Gasteiger partial charge >= 0.3 is 0 Å². The van der Waals surface area contributed by atoms with Crippen molar-refractivity contribution in [3.8, 4) is 0 Å². The Morgan fingerprint density at radius 1 is 1.48 bits per heavy atom. The zero-order chi connectivity index (χ0) is 16.2. The average molecular weight is 318 g/mol. The van der Waals surface area contributed by atoms with Gasteiger partial charge in [0, 0.05) is 56.9 Å². The van der Waals surface area contributed by atoms with Gasteiger partial charge in [-0.05, 0) is 12.5 Å². The van der Waals surface area contributed by atoms with Crippen molar-refractivity contribution in [1.82, 2.24) is 30.0 Å². The quantitative estimate of drug-likeness (QED) is 0.885. The lowest BCUT2D eigenvalue weighted by atomic mass is 10.2. The van der Waals surface area contributed by atoms with Crippen molar-refractivity contribution < 1.29 is 9.18 Å². The van der Waals surface area contributed by atoms with Gasteiger partial charge in [0.25, 0.3) is 5.91 Å². The Hall–Kier alpha value is -2.35. The number of hydrogen-bond acceptors (Lipinski definition) is 5. The minimum atomic E-state index is -0.875. The predicted octanol–water partition coefficient (Wildman–Crippen LogP) is 0.884. The summed E-state index contributed by atoms with van der Waals surface area (Å²) in [4.78, 5) is 23.9. The zero-order valence-electron chi connectivity index (χ0n) is 12.9. The first kappa shape index (κ1) is 15.5. The van der Waals surface area contributed by atoms with Gasteiger partial charge in [0.1, 0.15) is 18.2 Å². The summed E-state index contributed by atoms with van der Waals surface area (Å²) in [5.41, 5.74) is 1.37. The van der Waals surface area contributed by atoms with E-state index < -0.39 is 6.17 Å². The lowest BCUT2D eigenvalue weighted by Crippen LogP contribution is -2.41. The number of nitrogens with zero attached hydrogens (tertiary/aromatic N) is 5. The van der Waals surface area contributed by atoms with E-state index in [1.54, 1.807) is 30.4 Å². The van der Waals surface area contributed by atoms with Crippen LogP contribution < -0.4 is 0 Å². The van der Waals surface area contributed by atoms with E-state index in [-0.39, 0.29) is 11.9 Å². The number of H-pyrrole nitrogens is 1. The molecule has 0 aliphatic carbocycles. The number of rotatable bonds is 5. The van der Waals surface area contributed by atoms with Gasteiger partial charge in [0.05, 0.1) is 0 Å². The third kappa shape index (κ3) is 3.70. The Morgan fingerprint density at radius 3 is 2.96 bits per heavy atom. The highest BCUT2D eigenvalue weighted by Crippen LogP contribution is 2.23. The van der Waals surface area contributed by atoms with Gasteiger partial charge in [0.15, 0.2) is 0 Å². The van der Waals surface area contributed by atoms with Gasteiger partial charge in [-0.25, -0.2) is 14.4 Å². The van der Waals surface area contributed by atoms with Crippen LogP contribution in [0.2, 0.25) is 0 Å². The van der Waals surface area contributed by atoms with Gasteiger partial charge in [0.2, 0.25) is 0 Å². The molecule has 0 radical (unpaired) electrons. The van der Waals surface area contributed by atoms with E-state index in [1.807, 2.05) is 4.90 Å². The number of alkyl halides is 1. The lowest BCUT2D eigenvalue weighted by Gasteiger charge is -2.28. The zero-order valence-corrected chi connectivity index (χ0v) is 12.9. The summed E-state index contributed by atoms with van der Waals surface area (Å²) >= 11 is 0. The molecule has 0 bridgehead atoms. The average Bonchev–Trinajstić information content (AvgIpc) is 3.18. The molecule has 8 heteroatoms. The van der Waals surface area contributed by atoms with Gasteiger partial charge < -0.3 is 4.90 Å². The molecule has 2 aromatic heterocycles. The van der Waals surface area contributed by atoms with Crippen LogP contribution in [-0.4, -0.2) is 68.2 Å². The van der Waals surface area contributed by atoms with Crippen LogP contribution in [0.5, 0.6) is 0 Å². The maximum Gasteiger partial charge on any atom is 0.271 e. The molecule has 0 spiro atoms. The van der Waals surface area contributed by atoms with Crippen LogP contribution in [0.3, 0.4) is 0 Å². The number of amides is 1. The molecule has 1 saturated heterocycles. The van der Waals surface area contributed by atoms with E-state index in [9.17, 15) is 9.18 Å². The van der Waals surface area contributed by atoms with Crippen molar-refractivity contribution >= 4 is 5.91 Å².